The molecule has 0 aromatic carbocycles. The molecule has 0 radical (unpaired) electrons. The van der Waals surface area contributed by atoms with Gasteiger partial charge in [0.2, 0.25) is 0 Å². The lowest BCUT2D eigenvalue weighted by atomic mass is 9.91. The molecule has 4 heterocycles. The molecular formula is C23H23FN8S. The molecule has 1 aliphatic carbocycles. The summed E-state index contributed by atoms with van der Waals surface area (Å²) in [6, 6.07) is 7.93. The van der Waals surface area contributed by atoms with E-state index in [9.17, 15) is 9.65 Å². The lowest BCUT2D eigenvalue weighted by molar-refractivity contribution is 0.188. The Hall–Kier alpha value is -3.29. The Balaban J connectivity index is 1.48. The standard InChI is InChI=1S/C23H23FN8S/c1-30(2)17-5-7-18(8-6-17)31-14-20(28-29-31)15-10-21(33-23-19(24)4-3-9-26-23)22-16(11-25)12-27-32(22)13-15/h3-4,9-10,12-14,17-18H,5-8H2,1-2H3. The Morgan fingerprint density at radius 2 is 2.03 bits per heavy atom. The first-order valence-corrected chi connectivity index (χ1v) is 11.6. The van der Waals surface area contributed by atoms with Crippen LogP contribution < -0.4 is 0 Å². The molecule has 0 amide bonds. The van der Waals surface area contributed by atoms with Gasteiger partial charge in [0, 0.05) is 28.9 Å². The normalized spacial score (nSPS) is 18.6. The van der Waals surface area contributed by atoms with Crippen molar-refractivity contribution in [2.24, 2.45) is 0 Å². The van der Waals surface area contributed by atoms with Crippen molar-refractivity contribution in [1.82, 2.24) is 34.5 Å². The van der Waals surface area contributed by atoms with E-state index in [1.54, 1.807) is 16.8 Å². The number of nitriles is 1. The Kier molecular flexibility index (Phi) is 5.83. The molecule has 0 spiro atoms. The smallest absolute Gasteiger partial charge is 0.155 e. The number of halogens is 1. The molecule has 0 saturated heterocycles. The second-order valence-electron chi connectivity index (χ2n) is 8.46. The van der Waals surface area contributed by atoms with Gasteiger partial charge in [-0.2, -0.15) is 10.4 Å². The Labute approximate surface area is 195 Å². The van der Waals surface area contributed by atoms with E-state index in [1.165, 1.54) is 24.0 Å². The van der Waals surface area contributed by atoms with Gasteiger partial charge in [0.25, 0.3) is 0 Å². The van der Waals surface area contributed by atoms with Crippen molar-refractivity contribution in [1.29, 1.82) is 5.26 Å². The second-order valence-corrected chi connectivity index (χ2v) is 9.49. The van der Waals surface area contributed by atoms with Crippen LogP contribution >= 0.6 is 11.8 Å². The number of pyridine rings is 2. The maximum Gasteiger partial charge on any atom is 0.155 e. The molecule has 10 heteroatoms. The van der Waals surface area contributed by atoms with E-state index in [2.05, 4.69) is 45.5 Å². The van der Waals surface area contributed by atoms with Crippen molar-refractivity contribution in [3.63, 3.8) is 0 Å². The van der Waals surface area contributed by atoms with Gasteiger partial charge >= 0.3 is 0 Å². The van der Waals surface area contributed by atoms with Crippen LogP contribution in [0.25, 0.3) is 16.8 Å². The van der Waals surface area contributed by atoms with Crippen molar-refractivity contribution < 1.29 is 4.39 Å². The second kappa shape index (κ2) is 8.92. The molecule has 1 fully saturated rings. The van der Waals surface area contributed by atoms with Crippen molar-refractivity contribution in [2.75, 3.05) is 14.1 Å². The summed E-state index contributed by atoms with van der Waals surface area (Å²) in [6.07, 6.45) is 11.3. The minimum absolute atomic E-state index is 0.239. The van der Waals surface area contributed by atoms with Crippen LogP contribution in [-0.4, -0.2) is 54.6 Å². The van der Waals surface area contributed by atoms with Crippen LogP contribution in [0.1, 0.15) is 37.3 Å². The zero-order chi connectivity index (χ0) is 22.9. The molecule has 168 valence electrons. The quantitative estimate of drug-likeness (QED) is 0.439. The van der Waals surface area contributed by atoms with E-state index < -0.39 is 5.82 Å². The maximum absolute atomic E-state index is 14.3. The van der Waals surface area contributed by atoms with Crippen molar-refractivity contribution in [2.45, 2.75) is 47.7 Å². The van der Waals surface area contributed by atoms with Crippen LogP contribution in [0.3, 0.4) is 0 Å². The van der Waals surface area contributed by atoms with Gasteiger partial charge in [-0.25, -0.2) is 18.6 Å². The summed E-state index contributed by atoms with van der Waals surface area (Å²) in [5.41, 5.74) is 2.54. The molecule has 0 aliphatic heterocycles. The summed E-state index contributed by atoms with van der Waals surface area (Å²) in [5, 5.41) is 22.9. The molecule has 0 unspecified atom stereocenters. The Morgan fingerprint density at radius 1 is 1.21 bits per heavy atom. The zero-order valence-electron chi connectivity index (χ0n) is 18.4. The van der Waals surface area contributed by atoms with Crippen LogP contribution in [0.4, 0.5) is 4.39 Å². The van der Waals surface area contributed by atoms with Gasteiger partial charge in [0.15, 0.2) is 5.82 Å². The average molecular weight is 463 g/mol. The minimum Gasteiger partial charge on any atom is -0.306 e. The highest BCUT2D eigenvalue weighted by Gasteiger charge is 2.25. The molecule has 5 rings (SSSR count). The summed E-state index contributed by atoms with van der Waals surface area (Å²) in [4.78, 5) is 7.12. The molecule has 8 nitrogen and oxygen atoms in total. The summed E-state index contributed by atoms with van der Waals surface area (Å²) in [5.74, 6) is -0.414. The molecule has 4 aromatic heterocycles. The number of hydrogen-bond acceptors (Lipinski definition) is 7. The fourth-order valence-corrected chi connectivity index (χ4v) is 5.33. The van der Waals surface area contributed by atoms with E-state index >= 15 is 0 Å². The molecule has 4 aromatic rings. The summed E-state index contributed by atoms with van der Waals surface area (Å²) < 4.78 is 17.9. The predicted octanol–water partition coefficient (Wildman–Crippen LogP) is 4.20. The van der Waals surface area contributed by atoms with Gasteiger partial charge in [0.1, 0.15) is 16.8 Å². The number of fused-ring (bicyclic) bond motifs is 1. The van der Waals surface area contributed by atoms with E-state index in [4.69, 9.17) is 0 Å². The van der Waals surface area contributed by atoms with E-state index in [0.717, 1.165) is 31.2 Å². The lowest BCUT2D eigenvalue weighted by Crippen LogP contribution is -2.32. The molecular weight excluding hydrogens is 439 g/mol. The number of nitrogens with zero attached hydrogens (tertiary/aromatic N) is 8. The predicted molar refractivity (Wildman–Crippen MR) is 122 cm³/mol. The SMILES string of the molecule is CN(C)C1CCC(n2cc(-c3cc(Sc4ncccc4F)c4c(C#N)cnn4c3)nn2)CC1. The Morgan fingerprint density at radius 3 is 2.76 bits per heavy atom. The van der Waals surface area contributed by atoms with Crippen molar-refractivity contribution in [3.8, 4) is 17.3 Å². The van der Waals surface area contributed by atoms with Crippen LogP contribution in [-0.2, 0) is 0 Å². The van der Waals surface area contributed by atoms with Gasteiger partial charge in [0.05, 0.1) is 29.5 Å². The van der Waals surface area contributed by atoms with E-state index in [-0.39, 0.29) is 5.03 Å². The fourth-order valence-electron chi connectivity index (χ4n) is 4.36. The lowest BCUT2D eigenvalue weighted by Gasteiger charge is -2.32. The fraction of sp³-hybridized carbons (Fsp3) is 0.348. The molecule has 0 atom stereocenters. The maximum atomic E-state index is 14.3. The third-order valence-electron chi connectivity index (χ3n) is 6.21. The van der Waals surface area contributed by atoms with Gasteiger partial charge in [-0.3, -0.25) is 0 Å². The zero-order valence-corrected chi connectivity index (χ0v) is 19.2. The largest absolute Gasteiger partial charge is 0.306 e. The summed E-state index contributed by atoms with van der Waals surface area (Å²) >= 11 is 1.17. The third kappa shape index (κ3) is 4.21. The van der Waals surface area contributed by atoms with Gasteiger partial charge in [-0.05, 0) is 58.0 Å². The number of hydrogen-bond donors (Lipinski definition) is 0. The van der Waals surface area contributed by atoms with Crippen LogP contribution in [0.2, 0.25) is 0 Å². The van der Waals surface area contributed by atoms with Gasteiger partial charge in [-0.15, -0.1) is 5.10 Å². The third-order valence-corrected chi connectivity index (χ3v) is 7.23. The highest BCUT2D eigenvalue weighted by atomic mass is 32.2. The highest BCUT2D eigenvalue weighted by Crippen LogP contribution is 2.36. The van der Waals surface area contributed by atoms with Crippen molar-refractivity contribution in [3.05, 3.63) is 54.4 Å². The van der Waals surface area contributed by atoms with Crippen LogP contribution in [0, 0.1) is 17.1 Å². The first-order chi connectivity index (χ1) is 16.0. The minimum atomic E-state index is -0.414. The van der Waals surface area contributed by atoms with Gasteiger partial charge < -0.3 is 4.90 Å². The molecule has 1 saturated carbocycles. The van der Waals surface area contributed by atoms with Crippen molar-refractivity contribution >= 4 is 17.3 Å². The van der Waals surface area contributed by atoms with Crippen LogP contribution in [0.15, 0.2) is 52.9 Å². The molecule has 1 aliphatic rings. The van der Waals surface area contributed by atoms with E-state index in [0.29, 0.717) is 33.8 Å². The highest BCUT2D eigenvalue weighted by molar-refractivity contribution is 7.99. The monoisotopic (exact) mass is 462 g/mol. The summed E-state index contributed by atoms with van der Waals surface area (Å²) in [7, 11) is 4.27. The van der Waals surface area contributed by atoms with Gasteiger partial charge in [-0.1, -0.05) is 17.0 Å². The first-order valence-electron chi connectivity index (χ1n) is 10.8. The van der Waals surface area contributed by atoms with E-state index in [1.807, 2.05) is 23.1 Å². The average Bonchev–Trinajstić information content (AvgIpc) is 3.48. The number of aromatic nitrogens is 6. The Bertz CT molecular complexity index is 1330. The topological polar surface area (TPSA) is 87.9 Å². The summed E-state index contributed by atoms with van der Waals surface area (Å²) in [6.45, 7) is 0. The molecule has 33 heavy (non-hydrogen) atoms. The van der Waals surface area contributed by atoms with Crippen LogP contribution in [0.5, 0.6) is 0 Å². The molecule has 0 bridgehead atoms. The number of rotatable bonds is 5. The molecule has 0 N–H and O–H groups in total. The first kappa shape index (κ1) is 21.6.